The van der Waals surface area contributed by atoms with Crippen LogP contribution in [0.3, 0.4) is 0 Å². The molecule has 1 aromatic carbocycles. The Morgan fingerprint density at radius 2 is 2.05 bits per heavy atom. The van der Waals surface area contributed by atoms with E-state index in [-0.39, 0.29) is 24.1 Å². The fraction of sp³-hybridized carbons (Fsp3) is 0.611. The van der Waals surface area contributed by atoms with E-state index in [0.717, 1.165) is 6.42 Å². The summed E-state index contributed by atoms with van der Waals surface area (Å²) >= 11 is 0. The van der Waals surface area contributed by atoms with Crippen LogP contribution in [0.1, 0.15) is 51.2 Å². The highest BCUT2D eigenvalue weighted by atomic mass is 16.6. The van der Waals surface area contributed by atoms with Gasteiger partial charge < -0.3 is 15.4 Å². The van der Waals surface area contributed by atoms with Crippen LogP contribution < -0.4 is 5.73 Å². The van der Waals surface area contributed by atoms with Crippen LogP contribution in [-0.4, -0.2) is 35.2 Å². The van der Waals surface area contributed by atoms with Gasteiger partial charge >= 0.3 is 6.09 Å². The molecule has 2 N–H and O–H groups in total. The summed E-state index contributed by atoms with van der Waals surface area (Å²) in [5, 5.41) is 0. The van der Waals surface area contributed by atoms with E-state index >= 15 is 0 Å². The van der Waals surface area contributed by atoms with Crippen molar-refractivity contribution in [1.82, 2.24) is 4.90 Å². The van der Waals surface area contributed by atoms with Crippen molar-refractivity contribution in [2.24, 2.45) is 5.73 Å². The van der Waals surface area contributed by atoms with E-state index in [1.807, 2.05) is 20.8 Å². The van der Waals surface area contributed by atoms with Gasteiger partial charge in [0.2, 0.25) is 0 Å². The number of likely N-dealkylation sites (tertiary alicyclic amines) is 1. The Hall–Kier alpha value is -1.55. The summed E-state index contributed by atoms with van der Waals surface area (Å²) in [6, 6.07) is 8.52. The molecule has 0 bridgehead atoms. The number of nitrogens with two attached hydrogens (primary N) is 1. The number of rotatable bonds is 1. The van der Waals surface area contributed by atoms with Crippen molar-refractivity contribution in [3.63, 3.8) is 0 Å². The normalized spacial score (nSPS) is 25.9. The van der Waals surface area contributed by atoms with E-state index in [2.05, 4.69) is 38.1 Å². The van der Waals surface area contributed by atoms with Crippen LogP contribution >= 0.6 is 0 Å². The van der Waals surface area contributed by atoms with Crippen LogP contribution in [-0.2, 0) is 4.74 Å². The van der Waals surface area contributed by atoms with Gasteiger partial charge in [0, 0.05) is 24.5 Å². The van der Waals surface area contributed by atoms with Crippen LogP contribution in [0.25, 0.3) is 0 Å². The molecule has 22 heavy (non-hydrogen) atoms. The van der Waals surface area contributed by atoms with Gasteiger partial charge in [0.25, 0.3) is 0 Å². The first kappa shape index (κ1) is 16.8. The summed E-state index contributed by atoms with van der Waals surface area (Å²) in [7, 11) is 0. The lowest BCUT2D eigenvalue weighted by atomic mass is 9.82. The first-order chi connectivity index (χ1) is 10.2. The molecule has 1 aromatic rings. The van der Waals surface area contributed by atoms with E-state index in [1.165, 1.54) is 11.1 Å². The number of carbonyl (C=O) groups excluding carboxylic acids is 1. The average molecular weight is 304 g/mol. The second-order valence-corrected chi connectivity index (χ2v) is 7.39. The lowest BCUT2D eigenvalue weighted by Crippen LogP contribution is -2.54. The number of piperidine rings is 1. The lowest BCUT2D eigenvalue weighted by Gasteiger charge is -2.42. The molecule has 3 atom stereocenters. The molecule has 1 amide bonds. The molecule has 122 valence electrons. The topological polar surface area (TPSA) is 55.6 Å². The van der Waals surface area contributed by atoms with Crippen molar-refractivity contribution in [3.05, 3.63) is 35.4 Å². The molecule has 1 saturated heterocycles. The number of aryl methyl sites for hydroxylation is 1. The highest BCUT2D eigenvalue weighted by Gasteiger charge is 2.37. The Labute approximate surface area is 133 Å². The molecule has 1 aliphatic rings. The molecule has 4 nitrogen and oxygen atoms in total. The highest BCUT2D eigenvalue weighted by molar-refractivity contribution is 5.69. The van der Waals surface area contributed by atoms with Crippen molar-refractivity contribution in [2.75, 3.05) is 6.54 Å². The Morgan fingerprint density at radius 3 is 2.64 bits per heavy atom. The zero-order valence-electron chi connectivity index (χ0n) is 14.3. The van der Waals surface area contributed by atoms with E-state index < -0.39 is 5.60 Å². The Bertz CT molecular complexity index is 536. The predicted molar refractivity (Wildman–Crippen MR) is 88.9 cm³/mol. The van der Waals surface area contributed by atoms with E-state index in [0.29, 0.717) is 6.54 Å². The predicted octanol–water partition coefficient (Wildman–Crippen LogP) is 3.44. The Balaban J connectivity index is 2.21. The zero-order valence-corrected chi connectivity index (χ0v) is 14.3. The minimum atomic E-state index is -0.489. The van der Waals surface area contributed by atoms with Crippen LogP contribution in [0.4, 0.5) is 4.79 Å². The molecular formula is C18H28N2O2. The fourth-order valence-electron chi connectivity index (χ4n) is 3.11. The van der Waals surface area contributed by atoms with Crippen molar-refractivity contribution in [3.8, 4) is 0 Å². The van der Waals surface area contributed by atoms with Crippen LogP contribution in [0.2, 0.25) is 0 Å². The van der Waals surface area contributed by atoms with Gasteiger partial charge in [-0.2, -0.15) is 0 Å². The zero-order chi connectivity index (χ0) is 16.5. The summed E-state index contributed by atoms with van der Waals surface area (Å²) in [6.07, 6.45) is 0.622. The number of carbonyl (C=O) groups is 1. The van der Waals surface area contributed by atoms with Crippen LogP contribution in [0, 0.1) is 6.92 Å². The highest BCUT2D eigenvalue weighted by Crippen LogP contribution is 2.33. The maximum absolute atomic E-state index is 12.5. The van der Waals surface area contributed by atoms with Crippen molar-refractivity contribution in [2.45, 2.75) is 64.6 Å². The number of ether oxygens (including phenoxy) is 1. The summed E-state index contributed by atoms with van der Waals surface area (Å²) < 4.78 is 5.54. The number of amides is 1. The van der Waals surface area contributed by atoms with Gasteiger partial charge in [-0.3, -0.25) is 0 Å². The molecule has 0 spiro atoms. The molecule has 2 rings (SSSR count). The third-order valence-corrected chi connectivity index (χ3v) is 4.16. The van der Waals surface area contributed by atoms with Gasteiger partial charge in [0.05, 0.1) is 0 Å². The number of nitrogens with zero attached hydrogens (tertiary/aromatic N) is 1. The second kappa shape index (κ2) is 6.29. The minimum Gasteiger partial charge on any atom is -0.444 e. The van der Waals surface area contributed by atoms with Gasteiger partial charge in [-0.25, -0.2) is 4.79 Å². The van der Waals surface area contributed by atoms with Crippen molar-refractivity contribution < 1.29 is 9.53 Å². The largest absolute Gasteiger partial charge is 0.444 e. The summed E-state index contributed by atoms with van der Waals surface area (Å²) in [5.41, 5.74) is 8.19. The molecule has 0 radical (unpaired) electrons. The minimum absolute atomic E-state index is 0.0192. The molecule has 0 saturated carbocycles. The van der Waals surface area contributed by atoms with Crippen molar-refractivity contribution in [1.29, 1.82) is 0 Å². The summed E-state index contributed by atoms with van der Waals surface area (Å²) in [4.78, 5) is 14.2. The number of hydrogen-bond acceptors (Lipinski definition) is 3. The quantitative estimate of drug-likeness (QED) is 0.864. The number of benzene rings is 1. The molecule has 0 aromatic heterocycles. The van der Waals surface area contributed by atoms with Gasteiger partial charge in [-0.15, -0.1) is 0 Å². The SMILES string of the molecule is Cc1cccc(C2CC(N)CN(C(=O)OC(C)(C)C)C2C)c1. The molecule has 1 fully saturated rings. The maximum Gasteiger partial charge on any atom is 0.410 e. The van der Waals surface area contributed by atoms with Gasteiger partial charge in [-0.05, 0) is 46.6 Å². The molecular weight excluding hydrogens is 276 g/mol. The molecule has 1 heterocycles. The fourth-order valence-corrected chi connectivity index (χ4v) is 3.11. The maximum atomic E-state index is 12.5. The Morgan fingerprint density at radius 1 is 1.36 bits per heavy atom. The van der Waals surface area contributed by atoms with Gasteiger partial charge in [-0.1, -0.05) is 29.8 Å². The lowest BCUT2D eigenvalue weighted by molar-refractivity contribution is 0.00655. The monoisotopic (exact) mass is 304 g/mol. The van der Waals surface area contributed by atoms with E-state index in [1.54, 1.807) is 4.90 Å². The van der Waals surface area contributed by atoms with Crippen LogP contribution in [0.5, 0.6) is 0 Å². The third kappa shape index (κ3) is 4.01. The second-order valence-electron chi connectivity index (χ2n) is 7.39. The van der Waals surface area contributed by atoms with E-state index in [4.69, 9.17) is 10.5 Å². The molecule has 4 heteroatoms. The summed E-state index contributed by atoms with van der Waals surface area (Å²) in [5.74, 6) is 0.246. The van der Waals surface area contributed by atoms with Crippen LogP contribution in [0.15, 0.2) is 24.3 Å². The molecule has 3 unspecified atom stereocenters. The number of hydrogen-bond donors (Lipinski definition) is 1. The Kier molecular flexibility index (Phi) is 4.81. The van der Waals surface area contributed by atoms with E-state index in [9.17, 15) is 4.79 Å². The summed E-state index contributed by atoms with van der Waals surface area (Å²) in [6.45, 7) is 10.4. The van der Waals surface area contributed by atoms with Gasteiger partial charge in [0.15, 0.2) is 0 Å². The first-order valence-corrected chi connectivity index (χ1v) is 7.99. The third-order valence-electron chi connectivity index (χ3n) is 4.16. The average Bonchev–Trinajstić information content (AvgIpc) is 2.39. The standard InChI is InChI=1S/C18H28N2O2/c1-12-7-6-8-14(9-12)16-10-15(19)11-20(13(16)2)17(21)22-18(3,4)5/h6-9,13,15-16H,10-11,19H2,1-5H3. The first-order valence-electron chi connectivity index (χ1n) is 7.99. The molecule has 1 aliphatic heterocycles. The molecule has 0 aliphatic carbocycles. The smallest absolute Gasteiger partial charge is 0.410 e. The van der Waals surface area contributed by atoms with Gasteiger partial charge in [0.1, 0.15) is 5.60 Å². The van der Waals surface area contributed by atoms with Crippen molar-refractivity contribution >= 4 is 6.09 Å².